The van der Waals surface area contributed by atoms with Crippen molar-refractivity contribution in [1.29, 1.82) is 0 Å². The summed E-state index contributed by atoms with van der Waals surface area (Å²) in [7, 11) is -3.70. The first-order valence-electron chi connectivity index (χ1n) is 7.66. The molecular formula is C16H17F3N2O3S2. The van der Waals surface area contributed by atoms with Crippen molar-refractivity contribution < 1.29 is 26.4 Å². The third kappa shape index (κ3) is 4.43. The Morgan fingerprint density at radius 2 is 1.85 bits per heavy atom. The maximum absolute atomic E-state index is 12.7. The van der Waals surface area contributed by atoms with Gasteiger partial charge >= 0.3 is 6.18 Å². The van der Waals surface area contributed by atoms with Crippen molar-refractivity contribution in [2.75, 3.05) is 18.4 Å². The van der Waals surface area contributed by atoms with E-state index in [-0.39, 0.29) is 15.5 Å². The van der Waals surface area contributed by atoms with E-state index in [2.05, 4.69) is 5.32 Å². The molecular weight excluding hydrogens is 389 g/mol. The zero-order chi connectivity index (χ0) is 19.5. The Balaban J connectivity index is 2.21. The lowest BCUT2D eigenvalue weighted by Crippen LogP contribution is -2.30. The minimum absolute atomic E-state index is 0.0135. The molecule has 10 heteroatoms. The van der Waals surface area contributed by atoms with E-state index in [9.17, 15) is 26.4 Å². The number of benzene rings is 1. The van der Waals surface area contributed by atoms with Crippen molar-refractivity contribution in [3.8, 4) is 0 Å². The van der Waals surface area contributed by atoms with Crippen molar-refractivity contribution in [1.82, 2.24) is 4.31 Å². The molecule has 0 aliphatic rings. The number of carbonyl (C=O) groups is 1. The molecule has 1 amide bonds. The number of thiophene rings is 1. The first-order valence-corrected chi connectivity index (χ1v) is 9.98. The summed E-state index contributed by atoms with van der Waals surface area (Å²) in [6.45, 7) is 3.99. The van der Waals surface area contributed by atoms with E-state index in [1.54, 1.807) is 13.8 Å². The van der Waals surface area contributed by atoms with E-state index in [0.717, 1.165) is 23.5 Å². The second-order valence-electron chi connectivity index (χ2n) is 5.27. The van der Waals surface area contributed by atoms with Gasteiger partial charge in [-0.25, -0.2) is 8.42 Å². The van der Waals surface area contributed by atoms with Crippen LogP contribution in [-0.2, 0) is 16.2 Å². The Bertz CT molecular complexity index is 888. The van der Waals surface area contributed by atoms with Crippen LogP contribution in [0.15, 0.2) is 40.6 Å². The Kier molecular flexibility index (Phi) is 6.09. The lowest BCUT2D eigenvalue weighted by molar-refractivity contribution is -0.137. The number of anilines is 1. The summed E-state index contributed by atoms with van der Waals surface area (Å²) in [5, 5.41) is 3.70. The maximum Gasteiger partial charge on any atom is 0.416 e. The van der Waals surface area contributed by atoms with Gasteiger partial charge in [-0.1, -0.05) is 19.9 Å². The van der Waals surface area contributed by atoms with Gasteiger partial charge in [-0.05, 0) is 24.3 Å². The molecule has 2 rings (SSSR count). The molecule has 1 aromatic carbocycles. The zero-order valence-electron chi connectivity index (χ0n) is 14.0. The summed E-state index contributed by atoms with van der Waals surface area (Å²) >= 11 is 0.912. The van der Waals surface area contributed by atoms with Gasteiger partial charge < -0.3 is 5.32 Å². The van der Waals surface area contributed by atoms with Crippen molar-refractivity contribution in [3.63, 3.8) is 0 Å². The van der Waals surface area contributed by atoms with E-state index in [4.69, 9.17) is 0 Å². The van der Waals surface area contributed by atoms with Crippen LogP contribution in [0.2, 0.25) is 0 Å². The normalized spacial score (nSPS) is 12.4. The van der Waals surface area contributed by atoms with E-state index >= 15 is 0 Å². The smallest absolute Gasteiger partial charge is 0.321 e. The van der Waals surface area contributed by atoms with Gasteiger partial charge in [-0.3, -0.25) is 4.79 Å². The number of hydrogen-bond acceptors (Lipinski definition) is 4. The molecule has 26 heavy (non-hydrogen) atoms. The van der Waals surface area contributed by atoms with Crippen molar-refractivity contribution in [2.45, 2.75) is 24.9 Å². The molecule has 5 nitrogen and oxygen atoms in total. The molecule has 0 saturated heterocycles. The quantitative estimate of drug-likeness (QED) is 0.787. The average molecular weight is 406 g/mol. The summed E-state index contributed by atoms with van der Waals surface area (Å²) < 4.78 is 64.3. The predicted molar refractivity (Wildman–Crippen MR) is 93.8 cm³/mol. The number of nitrogens with zero attached hydrogens (tertiary/aromatic N) is 1. The SMILES string of the molecule is CCN(CC)S(=O)(=O)c1csc(C(=O)Nc2cccc(C(F)(F)F)c2)c1. The molecule has 1 aromatic heterocycles. The van der Waals surface area contributed by atoms with Gasteiger partial charge in [0.2, 0.25) is 10.0 Å². The molecule has 0 spiro atoms. The number of hydrogen-bond donors (Lipinski definition) is 1. The third-order valence-electron chi connectivity index (χ3n) is 3.59. The zero-order valence-corrected chi connectivity index (χ0v) is 15.6. The summed E-state index contributed by atoms with van der Waals surface area (Å²) in [6, 6.07) is 5.45. The molecule has 0 atom stereocenters. The Labute approximate surface area is 153 Å². The minimum Gasteiger partial charge on any atom is -0.321 e. The van der Waals surface area contributed by atoms with Gasteiger partial charge in [-0.2, -0.15) is 17.5 Å². The summed E-state index contributed by atoms with van der Waals surface area (Å²) in [6.07, 6.45) is -4.52. The topological polar surface area (TPSA) is 66.5 Å². The van der Waals surface area contributed by atoms with Crippen LogP contribution in [0.5, 0.6) is 0 Å². The molecule has 0 fully saturated rings. The molecule has 0 radical (unpaired) electrons. The van der Waals surface area contributed by atoms with Crippen LogP contribution in [0.3, 0.4) is 0 Å². The molecule has 0 bridgehead atoms. The van der Waals surface area contributed by atoms with E-state index in [1.807, 2.05) is 0 Å². The van der Waals surface area contributed by atoms with Crippen LogP contribution < -0.4 is 5.32 Å². The number of nitrogens with one attached hydrogen (secondary N) is 1. The Morgan fingerprint density at radius 1 is 1.19 bits per heavy atom. The highest BCUT2D eigenvalue weighted by Gasteiger charge is 2.30. The van der Waals surface area contributed by atoms with E-state index in [0.29, 0.717) is 13.1 Å². The van der Waals surface area contributed by atoms with Gasteiger partial charge in [0.1, 0.15) is 0 Å². The van der Waals surface area contributed by atoms with Gasteiger partial charge in [0.15, 0.2) is 0 Å². The van der Waals surface area contributed by atoms with Gasteiger partial charge in [0.25, 0.3) is 5.91 Å². The van der Waals surface area contributed by atoms with E-state index < -0.39 is 27.7 Å². The second-order valence-corrected chi connectivity index (χ2v) is 8.12. The molecule has 0 unspecified atom stereocenters. The minimum atomic E-state index is -4.52. The molecule has 2 aromatic rings. The first-order chi connectivity index (χ1) is 12.1. The highest BCUT2D eigenvalue weighted by molar-refractivity contribution is 7.89. The fourth-order valence-corrected chi connectivity index (χ4v) is 4.87. The van der Waals surface area contributed by atoms with Crippen LogP contribution in [-0.4, -0.2) is 31.7 Å². The fourth-order valence-electron chi connectivity index (χ4n) is 2.25. The largest absolute Gasteiger partial charge is 0.416 e. The van der Waals surface area contributed by atoms with Gasteiger partial charge in [-0.15, -0.1) is 11.3 Å². The van der Waals surface area contributed by atoms with Gasteiger partial charge in [0, 0.05) is 24.2 Å². The molecule has 0 saturated carbocycles. The lowest BCUT2D eigenvalue weighted by atomic mass is 10.2. The van der Waals surface area contributed by atoms with Crippen molar-refractivity contribution >= 4 is 33.0 Å². The Hall–Kier alpha value is -1.91. The molecule has 1 heterocycles. The molecule has 0 aliphatic carbocycles. The number of rotatable bonds is 6. The summed E-state index contributed by atoms with van der Waals surface area (Å²) in [5.41, 5.74) is -0.905. The highest BCUT2D eigenvalue weighted by Crippen LogP contribution is 2.31. The molecule has 0 aliphatic heterocycles. The fraction of sp³-hybridized carbons (Fsp3) is 0.312. The highest BCUT2D eigenvalue weighted by atomic mass is 32.2. The van der Waals surface area contributed by atoms with Crippen LogP contribution in [0.25, 0.3) is 0 Å². The summed E-state index contributed by atoms with van der Waals surface area (Å²) in [5.74, 6) is -0.671. The van der Waals surface area contributed by atoms with Gasteiger partial charge in [0.05, 0.1) is 15.3 Å². The first kappa shape index (κ1) is 20.4. The predicted octanol–water partition coefficient (Wildman–Crippen LogP) is 4.05. The molecule has 1 N–H and O–H groups in total. The second kappa shape index (κ2) is 7.77. The van der Waals surface area contributed by atoms with Crippen LogP contribution in [0.1, 0.15) is 29.1 Å². The average Bonchev–Trinajstić information content (AvgIpc) is 3.06. The van der Waals surface area contributed by atoms with Crippen LogP contribution in [0, 0.1) is 0 Å². The Morgan fingerprint density at radius 3 is 2.42 bits per heavy atom. The standard InChI is InChI=1S/C16H17F3N2O3S2/c1-3-21(4-2)26(23,24)13-9-14(25-10-13)15(22)20-12-7-5-6-11(8-12)16(17,18)19/h5-10H,3-4H2,1-2H3,(H,20,22). The molecule has 142 valence electrons. The van der Waals surface area contributed by atoms with Crippen LogP contribution in [0.4, 0.5) is 18.9 Å². The monoisotopic (exact) mass is 406 g/mol. The van der Waals surface area contributed by atoms with E-state index in [1.165, 1.54) is 27.9 Å². The van der Waals surface area contributed by atoms with Crippen LogP contribution >= 0.6 is 11.3 Å². The number of halogens is 3. The lowest BCUT2D eigenvalue weighted by Gasteiger charge is -2.17. The number of amides is 1. The van der Waals surface area contributed by atoms with Crippen molar-refractivity contribution in [3.05, 3.63) is 46.2 Å². The number of alkyl halides is 3. The summed E-state index contributed by atoms with van der Waals surface area (Å²) in [4.78, 5) is 12.3. The number of sulfonamides is 1. The van der Waals surface area contributed by atoms with Crippen molar-refractivity contribution in [2.24, 2.45) is 0 Å². The maximum atomic E-state index is 12.7. The number of carbonyl (C=O) groups excluding carboxylic acids is 1. The third-order valence-corrected chi connectivity index (χ3v) is 6.70.